The van der Waals surface area contributed by atoms with E-state index in [2.05, 4.69) is 58.6 Å². The fourth-order valence-electron chi connectivity index (χ4n) is 3.36. The molecule has 2 aromatic carbocycles. The van der Waals surface area contributed by atoms with Gasteiger partial charge in [-0.1, -0.05) is 46.3 Å². The number of thiazole rings is 1. The van der Waals surface area contributed by atoms with Gasteiger partial charge in [-0.15, -0.1) is 11.3 Å². The number of aromatic nitrogens is 2. The average molecular weight is 460 g/mol. The molecule has 0 aliphatic rings. The molecular weight excluding hydrogens is 442 g/mol. The summed E-state index contributed by atoms with van der Waals surface area (Å²) in [5, 5.41) is 12.5. The van der Waals surface area contributed by atoms with Gasteiger partial charge in [0.25, 0.3) is 0 Å². The van der Waals surface area contributed by atoms with Crippen molar-refractivity contribution in [3.63, 3.8) is 0 Å². The summed E-state index contributed by atoms with van der Waals surface area (Å²) in [7, 11) is 0. The van der Waals surface area contributed by atoms with Crippen molar-refractivity contribution in [1.29, 1.82) is 5.26 Å². The number of rotatable bonds is 4. The predicted molar refractivity (Wildman–Crippen MR) is 124 cm³/mol. The van der Waals surface area contributed by atoms with E-state index in [9.17, 15) is 5.26 Å². The lowest BCUT2D eigenvalue weighted by Gasteiger charge is -2.09. The molecule has 0 unspecified atom stereocenters. The summed E-state index contributed by atoms with van der Waals surface area (Å²) < 4.78 is 3.25. The Hall–Kier alpha value is -2.94. The summed E-state index contributed by atoms with van der Waals surface area (Å²) in [5.41, 5.74) is 6.87. The van der Waals surface area contributed by atoms with Crippen LogP contribution in [0.25, 0.3) is 28.6 Å². The molecule has 0 amide bonds. The molecule has 2 heterocycles. The average Bonchev–Trinajstić information content (AvgIpc) is 3.33. The van der Waals surface area contributed by atoms with Gasteiger partial charge in [-0.3, -0.25) is 0 Å². The third-order valence-electron chi connectivity index (χ3n) is 4.78. The van der Waals surface area contributed by atoms with Crippen LogP contribution >= 0.6 is 27.3 Å². The number of halogens is 1. The normalized spacial score (nSPS) is 11.4. The van der Waals surface area contributed by atoms with Crippen molar-refractivity contribution >= 4 is 38.9 Å². The maximum Gasteiger partial charge on any atom is 0.134 e. The summed E-state index contributed by atoms with van der Waals surface area (Å²) in [6.45, 7) is 4.16. The summed E-state index contributed by atoms with van der Waals surface area (Å²) in [6, 6.07) is 22.7. The first-order valence-corrected chi connectivity index (χ1v) is 10.8. The quantitative estimate of drug-likeness (QED) is 0.307. The first-order chi connectivity index (χ1) is 14.1. The number of nitriles is 1. The zero-order chi connectivity index (χ0) is 20.4. The van der Waals surface area contributed by atoms with Crippen LogP contribution in [0.3, 0.4) is 0 Å². The van der Waals surface area contributed by atoms with E-state index in [1.807, 2.05) is 53.9 Å². The van der Waals surface area contributed by atoms with Crippen LogP contribution < -0.4 is 0 Å². The van der Waals surface area contributed by atoms with Crippen molar-refractivity contribution in [3.05, 3.63) is 92.5 Å². The van der Waals surface area contributed by atoms with Gasteiger partial charge in [-0.25, -0.2) is 4.98 Å². The molecule has 0 saturated heterocycles. The molecule has 2 aromatic heterocycles. The van der Waals surface area contributed by atoms with Gasteiger partial charge < -0.3 is 4.57 Å². The summed E-state index contributed by atoms with van der Waals surface area (Å²) in [4.78, 5) is 4.69. The first kappa shape index (κ1) is 19.4. The highest BCUT2D eigenvalue weighted by atomic mass is 79.9. The fraction of sp³-hybridized carbons (Fsp3) is 0.0833. The molecule has 3 nitrogen and oxygen atoms in total. The number of allylic oxidation sites excluding steroid dienone is 1. The van der Waals surface area contributed by atoms with Crippen molar-refractivity contribution < 1.29 is 0 Å². The Balaban J connectivity index is 1.72. The maximum atomic E-state index is 9.77. The van der Waals surface area contributed by atoms with Crippen LogP contribution in [0.5, 0.6) is 0 Å². The summed E-state index contributed by atoms with van der Waals surface area (Å²) >= 11 is 4.98. The molecule has 29 heavy (non-hydrogen) atoms. The summed E-state index contributed by atoms with van der Waals surface area (Å²) in [6.07, 6.45) is 1.94. The third-order valence-corrected chi connectivity index (χ3v) is 6.18. The number of aryl methyl sites for hydroxylation is 1. The van der Waals surface area contributed by atoms with E-state index in [1.54, 1.807) is 0 Å². The third kappa shape index (κ3) is 3.95. The Labute approximate surface area is 182 Å². The Morgan fingerprint density at radius 1 is 1.10 bits per heavy atom. The lowest BCUT2D eigenvalue weighted by atomic mass is 10.1. The zero-order valence-electron chi connectivity index (χ0n) is 16.1. The molecule has 0 bridgehead atoms. The topological polar surface area (TPSA) is 41.6 Å². The smallest absolute Gasteiger partial charge is 0.134 e. The second-order valence-electron chi connectivity index (χ2n) is 6.71. The van der Waals surface area contributed by atoms with Crippen LogP contribution in [0.4, 0.5) is 0 Å². The van der Waals surface area contributed by atoms with Crippen LogP contribution in [0.1, 0.15) is 22.0 Å². The van der Waals surface area contributed by atoms with E-state index in [0.29, 0.717) is 5.57 Å². The van der Waals surface area contributed by atoms with Crippen LogP contribution in [0, 0.1) is 25.2 Å². The van der Waals surface area contributed by atoms with Gasteiger partial charge >= 0.3 is 0 Å². The van der Waals surface area contributed by atoms with Crippen LogP contribution in [-0.4, -0.2) is 9.55 Å². The second-order valence-corrected chi connectivity index (χ2v) is 8.49. The standard InChI is InChI=1S/C24H18BrN3S/c1-16-12-19(17(2)28(16)22-10-8-21(25)9-11-22)13-20(14-26)24-27-23(15-29-24)18-6-4-3-5-7-18/h3-13,15H,1-2H3/b20-13+. The Kier molecular flexibility index (Phi) is 5.48. The lowest BCUT2D eigenvalue weighted by molar-refractivity contribution is 0.964. The predicted octanol–water partition coefficient (Wildman–Crippen LogP) is 7.04. The molecular formula is C24H18BrN3S. The highest BCUT2D eigenvalue weighted by Crippen LogP contribution is 2.29. The maximum absolute atomic E-state index is 9.77. The first-order valence-electron chi connectivity index (χ1n) is 9.15. The van der Waals surface area contributed by atoms with E-state index < -0.39 is 0 Å². The minimum absolute atomic E-state index is 0.577. The van der Waals surface area contributed by atoms with Crippen molar-refractivity contribution in [2.75, 3.05) is 0 Å². The van der Waals surface area contributed by atoms with Gasteiger partial charge in [0.05, 0.1) is 11.3 Å². The van der Waals surface area contributed by atoms with E-state index in [4.69, 9.17) is 4.98 Å². The van der Waals surface area contributed by atoms with E-state index >= 15 is 0 Å². The Bertz CT molecular complexity index is 1230. The fourth-order valence-corrected chi connectivity index (χ4v) is 4.42. The van der Waals surface area contributed by atoms with Crippen LogP contribution in [0.15, 0.2) is 70.5 Å². The minimum atomic E-state index is 0.577. The molecule has 142 valence electrons. The van der Waals surface area contributed by atoms with E-state index in [-0.39, 0.29) is 0 Å². The van der Waals surface area contributed by atoms with Gasteiger partial charge in [0.1, 0.15) is 11.1 Å². The number of hydrogen-bond donors (Lipinski definition) is 0. The second kappa shape index (κ2) is 8.20. The Morgan fingerprint density at radius 2 is 1.83 bits per heavy atom. The van der Waals surface area contributed by atoms with Crippen molar-refractivity contribution in [3.8, 4) is 23.0 Å². The molecule has 0 spiro atoms. The van der Waals surface area contributed by atoms with Crippen molar-refractivity contribution in [2.24, 2.45) is 0 Å². The summed E-state index contributed by atoms with van der Waals surface area (Å²) in [5.74, 6) is 0. The monoisotopic (exact) mass is 459 g/mol. The van der Waals surface area contributed by atoms with E-state index in [0.717, 1.165) is 43.4 Å². The molecule has 5 heteroatoms. The Morgan fingerprint density at radius 3 is 2.52 bits per heavy atom. The largest absolute Gasteiger partial charge is 0.318 e. The molecule has 0 N–H and O–H groups in total. The van der Waals surface area contributed by atoms with Gasteiger partial charge in [0.2, 0.25) is 0 Å². The molecule has 0 radical (unpaired) electrons. The SMILES string of the molecule is Cc1cc(/C=C(\C#N)c2nc(-c3ccccc3)cs2)c(C)n1-c1ccc(Br)cc1. The van der Waals surface area contributed by atoms with Crippen molar-refractivity contribution in [1.82, 2.24) is 9.55 Å². The molecule has 0 atom stereocenters. The molecule has 4 rings (SSSR count). The lowest BCUT2D eigenvalue weighted by Crippen LogP contribution is -1.98. The van der Waals surface area contributed by atoms with E-state index in [1.165, 1.54) is 11.3 Å². The molecule has 0 aliphatic carbocycles. The van der Waals surface area contributed by atoms with Gasteiger partial charge in [0.15, 0.2) is 0 Å². The van der Waals surface area contributed by atoms with Crippen molar-refractivity contribution in [2.45, 2.75) is 13.8 Å². The van der Waals surface area contributed by atoms with Gasteiger partial charge in [-0.05, 0) is 55.8 Å². The number of benzene rings is 2. The van der Waals surface area contributed by atoms with Gasteiger partial charge in [-0.2, -0.15) is 5.26 Å². The van der Waals surface area contributed by atoms with Crippen LogP contribution in [-0.2, 0) is 0 Å². The van der Waals surface area contributed by atoms with Crippen LogP contribution in [0.2, 0.25) is 0 Å². The highest BCUT2D eigenvalue weighted by Gasteiger charge is 2.13. The van der Waals surface area contributed by atoms with Gasteiger partial charge in [0, 0.05) is 32.5 Å². The molecule has 0 saturated carbocycles. The molecule has 0 fully saturated rings. The molecule has 4 aromatic rings. The number of nitrogens with zero attached hydrogens (tertiary/aromatic N) is 3. The number of hydrogen-bond acceptors (Lipinski definition) is 3. The zero-order valence-corrected chi connectivity index (χ0v) is 18.5. The highest BCUT2D eigenvalue weighted by molar-refractivity contribution is 9.10. The molecule has 0 aliphatic heterocycles. The minimum Gasteiger partial charge on any atom is -0.318 e.